The van der Waals surface area contributed by atoms with Crippen LogP contribution in [0.25, 0.3) is 5.57 Å². The first kappa shape index (κ1) is 26.8. The van der Waals surface area contributed by atoms with Gasteiger partial charge >= 0.3 is 0 Å². The van der Waals surface area contributed by atoms with Gasteiger partial charge in [0.2, 0.25) is 0 Å². The van der Waals surface area contributed by atoms with E-state index in [4.69, 9.17) is 5.73 Å². The normalized spacial score (nSPS) is 23.0. The van der Waals surface area contributed by atoms with Crippen LogP contribution < -0.4 is 10.6 Å². The molecule has 0 aromatic heterocycles. The number of thiol groups is 1. The van der Waals surface area contributed by atoms with Crippen molar-refractivity contribution in [3.05, 3.63) is 104 Å². The number of hydrogen-bond acceptors (Lipinski definition) is 4. The molecule has 1 unspecified atom stereocenters. The molecule has 3 aliphatic heterocycles. The molecule has 0 saturated carbocycles. The maximum Gasteiger partial charge on any atom is 0.0771 e. The van der Waals surface area contributed by atoms with Gasteiger partial charge in [0.05, 0.1) is 28.8 Å². The van der Waals surface area contributed by atoms with E-state index in [-0.39, 0.29) is 22.3 Å². The van der Waals surface area contributed by atoms with Crippen LogP contribution in [0, 0.1) is 13.8 Å². The molecule has 4 heteroatoms. The average Bonchev–Trinajstić information content (AvgIpc) is 2.89. The lowest BCUT2D eigenvalue weighted by atomic mass is 9.58. The maximum atomic E-state index is 6.69. The summed E-state index contributed by atoms with van der Waals surface area (Å²) in [6, 6.07) is 13.7. The molecule has 7 rings (SSSR count). The Morgan fingerprint density at radius 1 is 0.707 bits per heavy atom. The van der Waals surface area contributed by atoms with Gasteiger partial charge in [0, 0.05) is 21.8 Å². The summed E-state index contributed by atoms with van der Waals surface area (Å²) < 4.78 is 4.50. The van der Waals surface area contributed by atoms with Crippen LogP contribution in [0.1, 0.15) is 105 Å². The van der Waals surface area contributed by atoms with Gasteiger partial charge in [-0.25, -0.2) is 4.40 Å². The lowest BCUT2D eigenvalue weighted by Gasteiger charge is -2.56. The number of anilines is 3. The first-order valence-electron chi connectivity index (χ1n) is 14.8. The van der Waals surface area contributed by atoms with E-state index in [0.29, 0.717) is 0 Å². The van der Waals surface area contributed by atoms with Crippen molar-refractivity contribution in [3.63, 3.8) is 0 Å². The van der Waals surface area contributed by atoms with Crippen LogP contribution in [0.5, 0.6) is 0 Å². The molecule has 3 nitrogen and oxygen atoms in total. The van der Waals surface area contributed by atoms with Crippen molar-refractivity contribution in [2.24, 2.45) is 10.1 Å². The molecule has 3 heterocycles. The molecule has 0 saturated heterocycles. The Hall–Kier alpha value is -3.08. The molecule has 0 amide bonds. The highest BCUT2D eigenvalue weighted by molar-refractivity contribution is 7.79. The number of allylic oxidation sites excluding steroid dienone is 2. The van der Waals surface area contributed by atoms with Gasteiger partial charge in [-0.05, 0) is 102 Å². The van der Waals surface area contributed by atoms with Gasteiger partial charge in [0.1, 0.15) is 0 Å². The number of rotatable bonds is 1. The quantitative estimate of drug-likeness (QED) is 0.292. The molecular weight excluding hydrogens is 518 g/mol. The fourth-order valence-corrected chi connectivity index (χ4v) is 9.17. The average molecular weight is 560 g/mol. The molecular formula is C37H41N3S. The third-order valence-corrected chi connectivity index (χ3v) is 11.2. The Morgan fingerprint density at radius 2 is 1.15 bits per heavy atom. The molecule has 3 aromatic carbocycles. The number of benzene rings is 3. The standard InChI is InChI=1S/C37H41N3S/c1-18-17-26(38)31(39-41)28(19(18)2)27-20(3)29-34-30(21(27)4)37(9,10)25-16-12-14-23-33(25)40(34)32-22(35(23,5)6)13-11-15-24(32)36(29,7)8/h11-17,26,41H,38H2,1-10H3. The molecule has 0 bridgehead atoms. The second-order valence-corrected chi connectivity index (χ2v) is 14.4. The van der Waals surface area contributed by atoms with E-state index in [9.17, 15) is 0 Å². The third kappa shape index (κ3) is 2.98. The van der Waals surface area contributed by atoms with E-state index in [1.807, 2.05) is 0 Å². The topological polar surface area (TPSA) is 41.6 Å². The maximum absolute atomic E-state index is 6.69. The summed E-state index contributed by atoms with van der Waals surface area (Å²) in [5.41, 5.74) is 27.1. The van der Waals surface area contributed by atoms with Crippen LogP contribution in [0.2, 0.25) is 0 Å². The van der Waals surface area contributed by atoms with Crippen LogP contribution in [-0.2, 0) is 16.2 Å². The fourth-order valence-electron chi connectivity index (χ4n) is 8.94. The van der Waals surface area contributed by atoms with Crippen LogP contribution in [0.3, 0.4) is 0 Å². The van der Waals surface area contributed by atoms with E-state index in [0.717, 1.165) is 11.3 Å². The van der Waals surface area contributed by atoms with Crippen molar-refractivity contribution in [3.8, 4) is 0 Å². The zero-order valence-corrected chi connectivity index (χ0v) is 26.9. The van der Waals surface area contributed by atoms with Crippen molar-refractivity contribution >= 4 is 41.2 Å². The van der Waals surface area contributed by atoms with Gasteiger partial charge in [0.25, 0.3) is 0 Å². The number of nitrogens with two attached hydrogens (primary N) is 1. The van der Waals surface area contributed by atoms with E-state index in [1.54, 1.807) is 0 Å². The summed E-state index contributed by atoms with van der Waals surface area (Å²) in [5.74, 6) is 0. The second kappa shape index (κ2) is 8.05. The van der Waals surface area contributed by atoms with Crippen LogP contribution in [0.4, 0.5) is 17.1 Å². The summed E-state index contributed by atoms with van der Waals surface area (Å²) in [6.45, 7) is 23.5. The van der Waals surface area contributed by atoms with E-state index in [1.165, 1.54) is 78.3 Å². The Kier molecular flexibility index (Phi) is 5.26. The van der Waals surface area contributed by atoms with Gasteiger partial charge in [-0.3, -0.25) is 0 Å². The van der Waals surface area contributed by atoms with Gasteiger partial charge in [0.15, 0.2) is 0 Å². The summed E-state index contributed by atoms with van der Waals surface area (Å²) in [6.07, 6.45) is 2.11. The minimum absolute atomic E-state index is 0.0969. The molecule has 0 spiro atoms. The molecule has 4 aliphatic rings. The Bertz CT molecular complexity index is 1730. The number of hydrogen-bond donors (Lipinski definition) is 2. The molecule has 3 aromatic rings. The van der Waals surface area contributed by atoms with Crippen molar-refractivity contribution in [2.75, 3.05) is 4.90 Å². The van der Waals surface area contributed by atoms with Crippen molar-refractivity contribution < 1.29 is 0 Å². The summed E-state index contributed by atoms with van der Waals surface area (Å²) in [4.78, 5) is 2.65. The highest BCUT2D eigenvalue weighted by atomic mass is 32.1. The minimum atomic E-state index is -0.283. The highest BCUT2D eigenvalue weighted by Crippen LogP contribution is 2.67. The van der Waals surface area contributed by atoms with Crippen molar-refractivity contribution in [1.29, 1.82) is 0 Å². The monoisotopic (exact) mass is 559 g/mol. The van der Waals surface area contributed by atoms with E-state index < -0.39 is 0 Å². The first-order valence-corrected chi connectivity index (χ1v) is 15.2. The van der Waals surface area contributed by atoms with E-state index in [2.05, 4.69) is 134 Å². The van der Waals surface area contributed by atoms with E-state index >= 15 is 0 Å². The molecule has 210 valence electrons. The van der Waals surface area contributed by atoms with Crippen LogP contribution in [-0.4, -0.2) is 11.8 Å². The second-order valence-electron chi connectivity index (χ2n) is 14.2. The number of nitrogens with zero attached hydrogens (tertiary/aromatic N) is 2. The predicted molar refractivity (Wildman–Crippen MR) is 178 cm³/mol. The fraction of sp³-hybridized carbons (Fsp3) is 0.378. The SMILES string of the molecule is CC1=CC(N)C(=NS)C(c2c(C)c3c4c(c2C)C(C)(C)c2cccc5c2N4c2c(cccc2C3(C)C)C5(C)C)=C1C. The number of para-hydroxylation sites is 2. The van der Waals surface area contributed by atoms with Crippen molar-refractivity contribution in [1.82, 2.24) is 0 Å². The Morgan fingerprint density at radius 3 is 1.59 bits per heavy atom. The molecule has 41 heavy (non-hydrogen) atoms. The van der Waals surface area contributed by atoms with Gasteiger partial charge in [-0.15, -0.1) is 0 Å². The molecule has 1 aliphatic carbocycles. The molecule has 1 atom stereocenters. The summed E-state index contributed by atoms with van der Waals surface area (Å²) in [7, 11) is 0. The zero-order valence-electron chi connectivity index (χ0n) is 26.0. The van der Waals surface area contributed by atoms with Gasteiger partial charge in [-0.1, -0.05) is 84.0 Å². The van der Waals surface area contributed by atoms with Gasteiger partial charge < -0.3 is 10.6 Å². The highest BCUT2D eigenvalue weighted by Gasteiger charge is 2.53. The lowest BCUT2D eigenvalue weighted by molar-refractivity contribution is 0.562. The molecule has 2 N–H and O–H groups in total. The first-order chi connectivity index (χ1) is 19.2. The molecule has 0 radical (unpaired) electrons. The minimum Gasteiger partial charge on any atom is -0.319 e. The molecule has 0 fully saturated rings. The smallest absolute Gasteiger partial charge is 0.0771 e. The largest absolute Gasteiger partial charge is 0.319 e. The summed E-state index contributed by atoms with van der Waals surface area (Å²) >= 11 is 4.46. The third-order valence-electron chi connectivity index (χ3n) is 11.0. The predicted octanol–water partition coefficient (Wildman–Crippen LogP) is 9.04. The van der Waals surface area contributed by atoms with Crippen LogP contribution in [0.15, 0.2) is 58.0 Å². The summed E-state index contributed by atoms with van der Waals surface area (Å²) in [5, 5.41) is 0. The lowest BCUT2D eigenvalue weighted by Crippen LogP contribution is -2.44. The van der Waals surface area contributed by atoms with Crippen LogP contribution >= 0.6 is 12.8 Å². The van der Waals surface area contributed by atoms with Crippen molar-refractivity contribution in [2.45, 2.75) is 91.5 Å². The Balaban J connectivity index is 1.72. The van der Waals surface area contributed by atoms with Gasteiger partial charge in [-0.2, -0.15) is 0 Å². The Labute approximate surface area is 250 Å². The zero-order chi connectivity index (χ0) is 29.5.